The first-order valence-corrected chi connectivity index (χ1v) is 6.14. The number of nitrogens with one attached hydrogen (secondary N) is 2. The molecule has 2 amide bonds. The van der Waals surface area contributed by atoms with Crippen molar-refractivity contribution in [3.8, 4) is 0 Å². The Balaban J connectivity index is 0.00000264. The predicted molar refractivity (Wildman–Crippen MR) is 81.6 cm³/mol. The van der Waals surface area contributed by atoms with Gasteiger partial charge in [0.15, 0.2) is 0 Å². The van der Waals surface area contributed by atoms with Crippen molar-refractivity contribution in [2.75, 3.05) is 0 Å². The third-order valence-electron chi connectivity index (χ3n) is 2.74. The number of hydrogen-bond donors (Lipinski definition) is 3. The van der Waals surface area contributed by atoms with E-state index in [1.54, 1.807) is 30.3 Å². The van der Waals surface area contributed by atoms with E-state index < -0.39 is 28.7 Å². The minimum Gasteiger partial charge on any atom is -0.395 e. The molecule has 10 heteroatoms. The highest BCUT2D eigenvalue weighted by Gasteiger charge is 2.19. The molecule has 0 bridgehead atoms. The summed E-state index contributed by atoms with van der Waals surface area (Å²) in [4.78, 5) is 33.1. The maximum atomic E-state index is 11.8. The third-order valence-corrected chi connectivity index (χ3v) is 2.74. The second kappa shape index (κ2) is 7.92. The topological polar surface area (TPSA) is 140 Å². The number of furan rings is 1. The summed E-state index contributed by atoms with van der Waals surface area (Å²) >= 11 is 0. The van der Waals surface area contributed by atoms with Gasteiger partial charge in [0.2, 0.25) is 5.76 Å². The number of carbonyl (C=O) groups excluding carboxylic acids is 2. The Morgan fingerprint density at radius 2 is 1.78 bits per heavy atom. The SMILES string of the molecule is Cl.N[C@@H](C(=O)NNC(=O)c1ccc([N+](=O)[O-])o1)c1ccccc1. The van der Waals surface area contributed by atoms with E-state index in [0.717, 1.165) is 12.1 Å². The molecule has 0 saturated carbocycles. The van der Waals surface area contributed by atoms with Crippen molar-refractivity contribution in [3.05, 3.63) is 63.9 Å². The fraction of sp³-hybridized carbons (Fsp3) is 0.0769. The van der Waals surface area contributed by atoms with Gasteiger partial charge in [0.05, 0.1) is 6.07 Å². The van der Waals surface area contributed by atoms with Crippen molar-refractivity contribution in [2.24, 2.45) is 5.73 Å². The van der Waals surface area contributed by atoms with Gasteiger partial charge in [-0.05, 0) is 11.6 Å². The smallest absolute Gasteiger partial charge is 0.395 e. The van der Waals surface area contributed by atoms with Crippen LogP contribution in [0.2, 0.25) is 0 Å². The Hall–Kier alpha value is -2.91. The van der Waals surface area contributed by atoms with Crippen LogP contribution < -0.4 is 16.6 Å². The number of halogens is 1. The highest BCUT2D eigenvalue weighted by atomic mass is 35.5. The van der Waals surface area contributed by atoms with Gasteiger partial charge in [-0.25, -0.2) is 0 Å². The zero-order valence-corrected chi connectivity index (χ0v) is 12.4. The van der Waals surface area contributed by atoms with E-state index in [4.69, 9.17) is 10.2 Å². The van der Waals surface area contributed by atoms with Gasteiger partial charge in [0.25, 0.3) is 5.91 Å². The first kappa shape index (κ1) is 18.1. The molecular formula is C13H13ClN4O5. The molecule has 0 aliphatic carbocycles. The summed E-state index contributed by atoms with van der Waals surface area (Å²) in [7, 11) is 0. The fourth-order valence-electron chi connectivity index (χ4n) is 1.62. The van der Waals surface area contributed by atoms with Crippen molar-refractivity contribution in [1.29, 1.82) is 0 Å². The van der Waals surface area contributed by atoms with E-state index in [2.05, 4.69) is 10.9 Å². The molecule has 1 aromatic heterocycles. The molecule has 0 aliphatic rings. The second-order valence-corrected chi connectivity index (χ2v) is 4.23. The average molecular weight is 341 g/mol. The first-order valence-electron chi connectivity index (χ1n) is 6.14. The minimum atomic E-state index is -0.965. The van der Waals surface area contributed by atoms with Crippen LogP contribution in [0.25, 0.3) is 0 Å². The van der Waals surface area contributed by atoms with Gasteiger partial charge < -0.3 is 10.2 Å². The number of carbonyl (C=O) groups is 2. The highest BCUT2D eigenvalue weighted by molar-refractivity contribution is 5.94. The number of nitro groups is 1. The van der Waals surface area contributed by atoms with E-state index in [0.29, 0.717) is 5.56 Å². The molecule has 23 heavy (non-hydrogen) atoms. The van der Waals surface area contributed by atoms with Crippen molar-refractivity contribution < 1.29 is 18.9 Å². The molecule has 0 fully saturated rings. The van der Waals surface area contributed by atoms with Gasteiger partial charge in [0.1, 0.15) is 11.0 Å². The predicted octanol–water partition coefficient (Wildman–Crippen LogP) is 1.07. The summed E-state index contributed by atoms with van der Waals surface area (Å²) in [6, 6.07) is 9.76. The van der Waals surface area contributed by atoms with Crippen molar-refractivity contribution in [1.82, 2.24) is 10.9 Å². The molecule has 1 aromatic carbocycles. The molecule has 0 saturated heterocycles. The Morgan fingerprint density at radius 1 is 1.13 bits per heavy atom. The van der Waals surface area contributed by atoms with Crippen LogP contribution in [-0.2, 0) is 4.79 Å². The highest BCUT2D eigenvalue weighted by Crippen LogP contribution is 2.15. The number of amides is 2. The van der Waals surface area contributed by atoms with Gasteiger partial charge in [-0.2, -0.15) is 0 Å². The van der Waals surface area contributed by atoms with Crippen LogP contribution in [0.15, 0.2) is 46.9 Å². The van der Waals surface area contributed by atoms with E-state index in [1.807, 2.05) is 0 Å². The number of nitrogens with zero attached hydrogens (tertiary/aromatic N) is 1. The minimum absolute atomic E-state index is 0. The number of benzene rings is 1. The summed E-state index contributed by atoms with van der Waals surface area (Å²) in [6.07, 6.45) is 0. The third kappa shape index (κ3) is 4.53. The first-order chi connectivity index (χ1) is 10.5. The largest absolute Gasteiger partial charge is 0.433 e. The van der Waals surface area contributed by atoms with Crippen LogP contribution in [0.3, 0.4) is 0 Å². The lowest BCUT2D eigenvalue weighted by molar-refractivity contribution is -0.402. The standard InChI is InChI=1S/C13H12N4O5.ClH/c14-11(8-4-2-1-3-5-8)13(19)16-15-12(18)9-6-7-10(22-9)17(20)21;/h1-7,11H,14H2,(H,15,18)(H,16,19);1H/t11-;/m1./s1. The molecular weight excluding hydrogens is 328 g/mol. The molecule has 9 nitrogen and oxygen atoms in total. The Morgan fingerprint density at radius 3 is 2.35 bits per heavy atom. The molecule has 2 aromatic rings. The second-order valence-electron chi connectivity index (χ2n) is 4.23. The number of nitrogens with two attached hydrogens (primary N) is 1. The fourth-order valence-corrected chi connectivity index (χ4v) is 1.62. The lowest BCUT2D eigenvalue weighted by Gasteiger charge is -2.12. The van der Waals surface area contributed by atoms with E-state index in [9.17, 15) is 19.7 Å². The van der Waals surface area contributed by atoms with Crippen molar-refractivity contribution in [3.63, 3.8) is 0 Å². The van der Waals surface area contributed by atoms with Crippen LogP contribution in [-0.4, -0.2) is 16.7 Å². The molecule has 0 radical (unpaired) electrons. The van der Waals surface area contributed by atoms with Gasteiger partial charge in [-0.3, -0.25) is 30.6 Å². The van der Waals surface area contributed by atoms with Gasteiger partial charge >= 0.3 is 11.8 Å². The zero-order chi connectivity index (χ0) is 16.1. The quantitative estimate of drug-likeness (QED) is 0.561. The molecule has 1 atom stereocenters. The number of hydrogen-bond acceptors (Lipinski definition) is 6. The van der Waals surface area contributed by atoms with E-state index in [-0.39, 0.29) is 18.2 Å². The summed E-state index contributed by atoms with van der Waals surface area (Å²) in [5.41, 5.74) is 10.5. The molecule has 0 unspecified atom stereocenters. The molecule has 4 N–H and O–H groups in total. The number of rotatable bonds is 4. The average Bonchev–Trinajstić information content (AvgIpc) is 3.02. The molecule has 0 spiro atoms. The number of hydrazine groups is 1. The maximum absolute atomic E-state index is 11.8. The van der Waals surface area contributed by atoms with Gasteiger partial charge in [-0.1, -0.05) is 30.3 Å². The molecule has 1 heterocycles. The Kier molecular flexibility index (Phi) is 6.24. The summed E-state index contributed by atoms with van der Waals surface area (Å²) in [5, 5.41) is 10.4. The van der Waals surface area contributed by atoms with Crippen LogP contribution in [0.5, 0.6) is 0 Å². The van der Waals surface area contributed by atoms with Crippen LogP contribution in [0.4, 0.5) is 5.88 Å². The van der Waals surface area contributed by atoms with Crippen LogP contribution in [0, 0.1) is 10.1 Å². The maximum Gasteiger partial charge on any atom is 0.433 e. The summed E-state index contributed by atoms with van der Waals surface area (Å²) < 4.78 is 4.69. The van der Waals surface area contributed by atoms with E-state index >= 15 is 0 Å². The van der Waals surface area contributed by atoms with Gasteiger partial charge in [-0.15, -0.1) is 12.4 Å². The summed E-state index contributed by atoms with van der Waals surface area (Å²) in [5.74, 6) is -2.35. The Labute approximate surface area is 136 Å². The van der Waals surface area contributed by atoms with Crippen molar-refractivity contribution in [2.45, 2.75) is 6.04 Å². The normalized spacial score (nSPS) is 11.0. The summed E-state index contributed by atoms with van der Waals surface area (Å²) in [6.45, 7) is 0. The molecule has 2 rings (SSSR count). The van der Waals surface area contributed by atoms with Crippen LogP contribution >= 0.6 is 12.4 Å². The molecule has 0 aliphatic heterocycles. The Bertz CT molecular complexity index is 703. The monoisotopic (exact) mass is 340 g/mol. The van der Waals surface area contributed by atoms with Crippen LogP contribution in [0.1, 0.15) is 22.2 Å². The van der Waals surface area contributed by atoms with Gasteiger partial charge in [0, 0.05) is 0 Å². The lowest BCUT2D eigenvalue weighted by atomic mass is 10.1. The van der Waals surface area contributed by atoms with E-state index in [1.165, 1.54) is 0 Å². The zero-order valence-electron chi connectivity index (χ0n) is 11.6. The lowest BCUT2D eigenvalue weighted by Crippen LogP contribution is -2.45. The molecule has 122 valence electrons. The van der Waals surface area contributed by atoms with Crippen molar-refractivity contribution >= 4 is 30.1 Å².